The quantitative estimate of drug-likeness (QED) is 0.592. The van der Waals surface area contributed by atoms with E-state index in [2.05, 4.69) is 4.90 Å². The van der Waals surface area contributed by atoms with Crippen LogP contribution < -0.4 is 0 Å². The Bertz CT molecular complexity index is 141. The molecule has 1 fully saturated rings. The molecule has 3 nitrogen and oxygen atoms in total. The van der Waals surface area contributed by atoms with Crippen molar-refractivity contribution < 1.29 is 9.53 Å². The molecule has 0 unspecified atom stereocenters. The number of nitrogens with zero attached hydrogens (tertiary/aromatic N) is 1. The van der Waals surface area contributed by atoms with Gasteiger partial charge >= 0.3 is 5.97 Å². The Balaban J connectivity index is 2.03. The lowest BCUT2D eigenvalue weighted by Gasteiger charge is -2.12. The van der Waals surface area contributed by atoms with E-state index in [4.69, 9.17) is 4.74 Å². The lowest BCUT2D eigenvalue weighted by Crippen LogP contribution is -2.23. The highest BCUT2D eigenvalue weighted by Gasteiger charge is 2.12. The van der Waals surface area contributed by atoms with Gasteiger partial charge in [-0.1, -0.05) is 0 Å². The van der Waals surface area contributed by atoms with Crippen LogP contribution in [0.5, 0.6) is 0 Å². The highest BCUT2D eigenvalue weighted by molar-refractivity contribution is 5.69. The number of esters is 1. The predicted octanol–water partition coefficient (Wildman–Crippen LogP) is 1.04. The van der Waals surface area contributed by atoms with Crippen molar-refractivity contribution in [3.63, 3.8) is 0 Å². The first-order chi connectivity index (χ1) is 5.83. The fraction of sp³-hybridized carbons (Fsp3) is 0.889. The zero-order valence-corrected chi connectivity index (χ0v) is 7.71. The first-order valence-electron chi connectivity index (χ1n) is 4.71. The average Bonchev–Trinajstić information content (AvgIpc) is 2.53. The van der Waals surface area contributed by atoms with E-state index >= 15 is 0 Å². The number of hydrogen-bond acceptors (Lipinski definition) is 3. The molecule has 0 amide bonds. The summed E-state index contributed by atoms with van der Waals surface area (Å²) in [6, 6.07) is 0. The largest absolute Gasteiger partial charge is 0.466 e. The van der Waals surface area contributed by atoms with Crippen LogP contribution in [0.1, 0.15) is 26.2 Å². The van der Waals surface area contributed by atoms with Crippen LogP contribution in [-0.2, 0) is 9.53 Å². The number of carbonyl (C=O) groups excluding carboxylic acids is 1. The summed E-state index contributed by atoms with van der Waals surface area (Å²) >= 11 is 0. The van der Waals surface area contributed by atoms with E-state index in [9.17, 15) is 4.79 Å². The zero-order valence-electron chi connectivity index (χ0n) is 7.71. The molecule has 0 aromatic carbocycles. The number of hydrogen-bond donors (Lipinski definition) is 0. The Hall–Kier alpha value is -0.570. The molecule has 1 rings (SSSR count). The van der Waals surface area contributed by atoms with Gasteiger partial charge in [0.1, 0.15) is 0 Å². The van der Waals surface area contributed by atoms with E-state index in [1.54, 1.807) is 0 Å². The van der Waals surface area contributed by atoms with Crippen molar-refractivity contribution in [2.24, 2.45) is 0 Å². The number of ether oxygens (including phenoxy) is 1. The molecule has 0 radical (unpaired) electrons. The van der Waals surface area contributed by atoms with Crippen LogP contribution in [0.15, 0.2) is 0 Å². The predicted molar refractivity (Wildman–Crippen MR) is 46.9 cm³/mol. The highest BCUT2D eigenvalue weighted by atomic mass is 16.5. The number of carbonyl (C=O) groups is 1. The van der Waals surface area contributed by atoms with E-state index in [1.807, 2.05) is 6.92 Å². The topological polar surface area (TPSA) is 29.5 Å². The van der Waals surface area contributed by atoms with Crippen molar-refractivity contribution in [3.05, 3.63) is 0 Å². The van der Waals surface area contributed by atoms with Crippen LogP contribution in [0, 0.1) is 0 Å². The molecule has 1 aliphatic heterocycles. The van der Waals surface area contributed by atoms with Crippen molar-refractivity contribution in [1.29, 1.82) is 0 Å². The Morgan fingerprint density at radius 1 is 1.42 bits per heavy atom. The van der Waals surface area contributed by atoms with Crippen LogP contribution in [0.25, 0.3) is 0 Å². The normalized spacial score (nSPS) is 18.1. The summed E-state index contributed by atoms with van der Waals surface area (Å²) in [5, 5.41) is 0. The summed E-state index contributed by atoms with van der Waals surface area (Å²) in [6.45, 7) is 5.52. The Morgan fingerprint density at radius 2 is 2.08 bits per heavy atom. The van der Waals surface area contributed by atoms with Crippen molar-refractivity contribution in [3.8, 4) is 0 Å². The zero-order chi connectivity index (χ0) is 8.81. The minimum Gasteiger partial charge on any atom is -0.466 e. The third-order valence-electron chi connectivity index (χ3n) is 2.14. The SMILES string of the molecule is CCOC(=O)CCN1CCCC1. The van der Waals surface area contributed by atoms with E-state index in [0.717, 1.165) is 19.6 Å². The fourth-order valence-corrected chi connectivity index (χ4v) is 1.49. The van der Waals surface area contributed by atoms with Gasteiger partial charge in [-0.3, -0.25) is 4.79 Å². The maximum atomic E-state index is 11.0. The molecule has 0 atom stereocenters. The van der Waals surface area contributed by atoms with Gasteiger partial charge in [0.25, 0.3) is 0 Å². The van der Waals surface area contributed by atoms with Gasteiger partial charge in [0.05, 0.1) is 13.0 Å². The summed E-state index contributed by atoms with van der Waals surface area (Å²) in [6.07, 6.45) is 3.11. The summed E-state index contributed by atoms with van der Waals surface area (Å²) < 4.78 is 4.84. The number of rotatable bonds is 4. The van der Waals surface area contributed by atoms with Gasteiger partial charge in [-0.05, 0) is 32.9 Å². The summed E-state index contributed by atoms with van der Waals surface area (Å²) in [5.74, 6) is -0.0654. The van der Waals surface area contributed by atoms with Gasteiger partial charge in [-0.25, -0.2) is 0 Å². The maximum Gasteiger partial charge on any atom is 0.307 e. The maximum absolute atomic E-state index is 11.0. The van der Waals surface area contributed by atoms with E-state index in [-0.39, 0.29) is 5.97 Å². The van der Waals surface area contributed by atoms with Crippen LogP contribution in [0.2, 0.25) is 0 Å². The second-order valence-electron chi connectivity index (χ2n) is 3.10. The fourth-order valence-electron chi connectivity index (χ4n) is 1.49. The van der Waals surface area contributed by atoms with Gasteiger partial charge in [-0.15, -0.1) is 0 Å². The third kappa shape index (κ3) is 3.22. The minimum atomic E-state index is -0.0654. The second kappa shape index (κ2) is 5.14. The van der Waals surface area contributed by atoms with Gasteiger partial charge in [0.15, 0.2) is 0 Å². The molecule has 70 valence electrons. The van der Waals surface area contributed by atoms with Crippen molar-refractivity contribution in [1.82, 2.24) is 4.90 Å². The van der Waals surface area contributed by atoms with Gasteiger partial charge in [-0.2, -0.15) is 0 Å². The van der Waals surface area contributed by atoms with Crippen LogP contribution in [-0.4, -0.2) is 37.1 Å². The molecule has 1 heterocycles. The van der Waals surface area contributed by atoms with Crippen LogP contribution in [0.3, 0.4) is 0 Å². The lowest BCUT2D eigenvalue weighted by molar-refractivity contribution is -0.143. The monoisotopic (exact) mass is 171 g/mol. The highest BCUT2D eigenvalue weighted by Crippen LogP contribution is 2.07. The molecule has 3 heteroatoms. The van der Waals surface area contributed by atoms with E-state index in [1.165, 1.54) is 12.8 Å². The first kappa shape index (κ1) is 9.52. The molecule has 0 bridgehead atoms. The lowest BCUT2D eigenvalue weighted by atomic mass is 10.4. The molecule has 1 aliphatic rings. The molecule has 0 saturated carbocycles. The minimum absolute atomic E-state index is 0.0654. The summed E-state index contributed by atoms with van der Waals surface area (Å²) in [5.41, 5.74) is 0. The Labute approximate surface area is 73.7 Å². The Morgan fingerprint density at radius 3 is 2.67 bits per heavy atom. The van der Waals surface area contributed by atoms with Gasteiger partial charge in [0.2, 0.25) is 0 Å². The summed E-state index contributed by atoms with van der Waals surface area (Å²) in [7, 11) is 0. The molecule has 12 heavy (non-hydrogen) atoms. The molecule has 0 aromatic rings. The molecule has 0 spiro atoms. The van der Waals surface area contributed by atoms with Gasteiger partial charge < -0.3 is 9.64 Å². The molecule has 0 N–H and O–H groups in total. The first-order valence-corrected chi connectivity index (χ1v) is 4.71. The van der Waals surface area contributed by atoms with E-state index < -0.39 is 0 Å². The number of likely N-dealkylation sites (tertiary alicyclic amines) is 1. The molecule has 0 aromatic heterocycles. The molecular weight excluding hydrogens is 154 g/mol. The van der Waals surface area contributed by atoms with Crippen molar-refractivity contribution >= 4 is 5.97 Å². The standard InChI is InChI=1S/C9H17NO2/c1-2-12-9(11)5-8-10-6-3-4-7-10/h2-8H2,1H3. The Kier molecular flexibility index (Phi) is 4.08. The average molecular weight is 171 g/mol. The van der Waals surface area contributed by atoms with Crippen LogP contribution >= 0.6 is 0 Å². The van der Waals surface area contributed by atoms with Crippen molar-refractivity contribution in [2.45, 2.75) is 26.2 Å². The third-order valence-corrected chi connectivity index (χ3v) is 2.14. The second-order valence-corrected chi connectivity index (χ2v) is 3.10. The molecular formula is C9H17NO2. The smallest absolute Gasteiger partial charge is 0.307 e. The van der Waals surface area contributed by atoms with E-state index in [0.29, 0.717) is 13.0 Å². The molecule has 0 aliphatic carbocycles. The van der Waals surface area contributed by atoms with Crippen molar-refractivity contribution in [2.75, 3.05) is 26.2 Å². The van der Waals surface area contributed by atoms with Crippen LogP contribution in [0.4, 0.5) is 0 Å². The summed E-state index contributed by atoms with van der Waals surface area (Å²) in [4.78, 5) is 13.3. The molecule has 1 saturated heterocycles. The van der Waals surface area contributed by atoms with Gasteiger partial charge in [0, 0.05) is 6.54 Å².